The molecule has 0 radical (unpaired) electrons. The Morgan fingerprint density at radius 2 is 2.33 bits per heavy atom. The maximum atomic E-state index is 12.7. The zero-order valence-electron chi connectivity index (χ0n) is 14.6. The summed E-state index contributed by atoms with van der Waals surface area (Å²) in [6.45, 7) is 7.51. The second kappa shape index (κ2) is 7.49. The number of aromatic nitrogens is 2. The average molecular weight is 346 g/mol. The maximum Gasteiger partial charge on any atom is 0.237 e. The Morgan fingerprint density at radius 1 is 1.50 bits per heavy atom. The van der Waals surface area contributed by atoms with Gasteiger partial charge in [0.2, 0.25) is 5.91 Å². The minimum Gasteiger partial charge on any atom is -0.335 e. The first-order valence-electron chi connectivity index (χ1n) is 8.62. The number of likely N-dealkylation sites (tertiary alicyclic amines) is 1. The molecule has 1 amide bonds. The first-order chi connectivity index (χ1) is 11.6. The molecule has 1 saturated heterocycles. The Hall–Kier alpha value is -1.66. The highest BCUT2D eigenvalue weighted by atomic mass is 32.1. The SMILES string of the molecule is Cc1cnn([C@H](C)[C@H](C)NCC(=O)N2CCC[C@H]2c2ccsc2)c1. The first kappa shape index (κ1) is 17.2. The molecule has 0 spiro atoms. The Labute approximate surface area is 147 Å². The third-order valence-electron chi connectivity index (χ3n) is 4.95. The van der Waals surface area contributed by atoms with Crippen LogP contribution in [0.1, 0.15) is 49.9 Å². The van der Waals surface area contributed by atoms with Gasteiger partial charge in [-0.2, -0.15) is 16.4 Å². The molecule has 0 unspecified atom stereocenters. The molecule has 0 saturated carbocycles. The molecule has 2 aromatic rings. The van der Waals surface area contributed by atoms with Gasteiger partial charge in [0.25, 0.3) is 0 Å². The van der Waals surface area contributed by atoms with E-state index in [1.807, 2.05) is 28.9 Å². The van der Waals surface area contributed by atoms with Crippen LogP contribution in [0.2, 0.25) is 0 Å². The van der Waals surface area contributed by atoms with Crippen LogP contribution in [0, 0.1) is 6.92 Å². The third-order valence-corrected chi connectivity index (χ3v) is 5.65. The molecule has 24 heavy (non-hydrogen) atoms. The van der Waals surface area contributed by atoms with Gasteiger partial charge in [-0.15, -0.1) is 0 Å². The Bertz CT molecular complexity index is 666. The van der Waals surface area contributed by atoms with Crippen molar-refractivity contribution < 1.29 is 4.79 Å². The smallest absolute Gasteiger partial charge is 0.237 e. The van der Waals surface area contributed by atoms with Crippen molar-refractivity contribution in [2.75, 3.05) is 13.1 Å². The summed E-state index contributed by atoms with van der Waals surface area (Å²) in [6, 6.07) is 2.78. The van der Waals surface area contributed by atoms with Gasteiger partial charge in [-0.1, -0.05) is 0 Å². The van der Waals surface area contributed by atoms with Crippen LogP contribution in [0.15, 0.2) is 29.2 Å². The lowest BCUT2D eigenvalue weighted by Gasteiger charge is -2.27. The summed E-state index contributed by atoms with van der Waals surface area (Å²) < 4.78 is 1.96. The van der Waals surface area contributed by atoms with Crippen LogP contribution in [0.5, 0.6) is 0 Å². The molecule has 2 aromatic heterocycles. The quantitative estimate of drug-likeness (QED) is 0.874. The van der Waals surface area contributed by atoms with Crippen molar-refractivity contribution in [2.45, 2.75) is 51.7 Å². The Balaban J connectivity index is 1.55. The lowest BCUT2D eigenvalue weighted by atomic mass is 10.1. The minimum atomic E-state index is 0.176. The van der Waals surface area contributed by atoms with E-state index in [0.717, 1.165) is 24.9 Å². The number of amides is 1. The van der Waals surface area contributed by atoms with E-state index >= 15 is 0 Å². The molecule has 6 heteroatoms. The number of hydrogen-bond donors (Lipinski definition) is 1. The van der Waals surface area contributed by atoms with E-state index in [4.69, 9.17) is 0 Å². The highest BCUT2D eigenvalue weighted by Crippen LogP contribution is 2.32. The highest BCUT2D eigenvalue weighted by molar-refractivity contribution is 7.07. The molecule has 0 aromatic carbocycles. The predicted molar refractivity (Wildman–Crippen MR) is 97.1 cm³/mol. The van der Waals surface area contributed by atoms with Crippen molar-refractivity contribution in [3.8, 4) is 0 Å². The minimum absolute atomic E-state index is 0.176. The van der Waals surface area contributed by atoms with Gasteiger partial charge in [-0.25, -0.2) is 0 Å². The molecular formula is C18H26N4OS. The van der Waals surface area contributed by atoms with E-state index in [-0.39, 0.29) is 24.0 Å². The number of nitrogens with zero attached hydrogens (tertiary/aromatic N) is 3. The third kappa shape index (κ3) is 3.70. The van der Waals surface area contributed by atoms with Gasteiger partial charge in [-0.3, -0.25) is 9.48 Å². The molecule has 3 rings (SSSR count). The second-order valence-electron chi connectivity index (χ2n) is 6.71. The zero-order chi connectivity index (χ0) is 17.1. The first-order valence-corrected chi connectivity index (χ1v) is 9.56. The standard InChI is InChI=1S/C18H26N4OS/c1-13-9-20-22(11-13)15(3)14(2)19-10-18(23)21-7-4-5-17(21)16-6-8-24-12-16/h6,8-9,11-12,14-15,17,19H,4-5,7,10H2,1-3H3/t14-,15+,17-/m0/s1. The Kier molecular flexibility index (Phi) is 5.36. The van der Waals surface area contributed by atoms with Gasteiger partial charge >= 0.3 is 0 Å². The number of nitrogens with one attached hydrogen (secondary N) is 1. The van der Waals surface area contributed by atoms with Crippen LogP contribution in [0.4, 0.5) is 0 Å². The maximum absolute atomic E-state index is 12.7. The van der Waals surface area contributed by atoms with E-state index in [0.29, 0.717) is 6.54 Å². The summed E-state index contributed by atoms with van der Waals surface area (Å²) in [4.78, 5) is 14.7. The molecule has 1 aliphatic rings. The summed E-state index contributed by atoms with van der Waals surface area (Å²) in [5.41, 5.74) is 2.43. The van der Waals surface area contributed by atoms with Gasteiger partial charge in [-0.05, 0) is 61.6 Å². The number of rotatable bonds is 6. The van der Waals surface area contributed by atoms with Gasteiger partial charge in [0.05, 0.1) is 24.8 Å². The van der Waals surface area contributed by atoms with Crippen LogP contribution in [0.25, 0.3) is 0 Å². The van der Waals surface area contributed by atoms with Crippen LogP contribution < -0.4 is 5.32 Å². The van der Waals surface area contributed by atoms with E-state index in [1.54, 1.807) is 11.3 Å². The average Bonchev–Trinajstić information content (AvgIpc) is 3.30. The van der Waals surface area contributed by atoms with Gasteiger partial charge < -0.3 is 10.2 Å². The van der Waals surface area contributed by atoms with Crippen molar-refractivity contribution >= 4 is 17.2 Å². The van der Waals surface area contributed by atoms with E-state index in [2.05, 4.69) is 41.1 Å². The second-order valence-corrected chi connectivity index (χ2v) is 7.49. The molecule has 0 aliphatic carbocycles. The van der Waals surface area contributed by atoms with E-state index < -0.39 is 0 Å². The summed E-state index contributed by atoms with van der Waals surface area (Å²) in [5, 5.41) is 12.0. The number of carbonyl (C=O) groups is 1. The fraction of sp³-hybridized carbons (Fsp3) is 0.556. The fourth-order valence-electron chi connectivity index (χ4n) is 3.28. The molecule has 1 N–H and O–H groups in total. The van der Waals surface area contributed by atoms with Crippen LogP contribution in [-0.4, -0.2) is 39.7 Å². The van der Waals surface area contributed by atoms with E-state index in [1.165, 1.54) is 5.56 Å². The van der Waals surface area contributed by atoms with Crippen LogP contribution in [-0.2, 0) is 4.79 Å². The van der Waals surface area contributed by atoms with Crippen molar-refractivity contribution in [2.24, 2.45) is 0 Å². The summed E-state index contributed by atoms with van der Waals surface area (Å²) in [7, 11) is 0. The zero-order valence-corrected chi connectivity index (χ0v) is 15.4. The van der Waals surface area contributed by atoms with Crippen LogP contribution in [0.3, 0.4) is 0 Å². The number of thiophene rings is 1. The lowest BCUT2D eigenvalue weighted by Crippen LogP contribution is -2.43. The number of aryl methyl sites for hydroxylation is 1. The summed E-state index contributed by atoms with van der Waals surface area (Å²) in [6.07, 6.45) is 6.06. The molecule has 5 nitrogen and oxygen atoms in total. The van der Waals surface area contributed by atoms with Gasteiger partial charge in [0.1, 0.15) is 0 Å². The van der Waals surface area contributed by atoms with Crippen molar-refractivity contribution in [3.05, 3.63) is 40.3 Å². The normalized spacial score (nSPS) is 20.3. The predicted octanol–water partition coefficient (Wildman–Crippen LogP) is 3.16. The van der Waals surface area contributed by atoms with E-state index in [9.17, 15) is 4.79 Å². The molecule has 1 aliphatic heterocycles. The highest BCUT2D eigenvalue weighted by Gasteiger charge is 2.30. The molecular weight excluding hydrogens is 320 g/mol. The van der Waals surface area contributed by atoms with Crippen molar-refractivity contribution in [1.29, 1.82) is 0 Å². The number of carbonyl (C=O) groups excluding carboxylic acids is 1. The number of hydrogen-bond acceptors (Lipinski definition) is 4. The van der Waals surface area contributed by atoms with Gasteiger partial charge in [0.15, 0.2) is 0 Å². The monoisotopic (exact) mass is 346 g/mol. The summed E-state index contributed by atoms with van der Waals surface area (Å²) in [5.74, 6) is 0.194. The fourth-order valence-corrected chi connectivity index (χ4v) is 3.99. The van der Waals surface area contributed by atoms with Gasteiger partial charge in [0, 0.05) is 18.8 Å². The molecule has 130 valence electrons. The lowest BCUT2D eigenvalue weighted by molar-refractivity contribution is -0.131. The van der Waals surface area contributed by atoms with Crippen molar-refractivity contribution in [1.82, 2.24) is 20.0 Å². The largest absolute Gasteiger partial charge is 0.335 e. The molecule has 0 bridgehead atoms. The van der Waals surface area contributed by atoms with Crippen LogP contribution >= 0.6 is 11.3 Å². The molecule has 3 heterocycles. The topological polar surface area (TPSA) is 50.2 Å². The molecule has 1 fully saturated rings. The summed E-state index contributed by atoms with van der Waals surface area (Å²) >= 11 is 1.70. The molecule has 3 atom stereocenters. The Morgan fingerprint density at radius 3 is 3.00 bits per heavy atom. The van der Waals surface area contributed by atoms with Crippen molar-refractivity contribution in [3.63, 3.8) is 0 Å².